The Labute approximate surface area is 96.7 Å². The van der Waals surface area contributed by atoms with E-state index in [-0.39, 0.29) is 6.03 Å². The van der Waals surface area contributed by atoms with E-state index in [4.69, 9.17) is 0 Å². The summed E-state index contributed by atoms with van der Waals surface area (Å²) in [7, 11) is 0. The van der Waals surface area contributed by atoms with Crippen LogP contribution in [-0.4, -0.2) is 44.3 Å². The molecule has 92 valence electrons. The molecule has 2 amide bonds. The largest absolute Gasteiger partial charge is 0.337 e. The Morgan fingerprint density at radius 1 is 1.25 bits per heavy atom. The fraction of sp³-hybridized carbons (Fsp3) is 0.909. The first-order valence-electron chi connectivity index (χ1n) is 6.33. The standard InChI is InChI=1S/C11H22N4O/c16-11(15-10-4-6-12-7-10)14-8-9-3-1-2-5-13-9/h9-10,12-13H,1-8H2,(H2,14,15,16). The molecule has 2 atom stereocenters. The molecule has 0 bridgehead atoms. The lowest BCUT2D eigenvalue weighted by Gasteiger charge is -2.24. The lowest BCUT2D eigenvalue weighted by molar-refractivity contribution is 0.235. The van der Waals surface area contributed by atoms with Gasteiger partial charge in [-0.25, -0.2) is 4.79 Å². The molecule has 2 heterocycles. The number of amides is 2. The van der Waals surface area contributed by atoms with Crippen molar-refractivity contribution in [1.29, 1.82) is 0 Å². The van der Waals surface area contributed by atoms with E-state index in [9.17, 15) is 4.79 Å². The van der Waals surface area contributed by atoms with Crippen LogP contribution in [0.1, 0.15) is 25.7 Å². The number of rotatable bonds is 3. The number of hydrogen-bond acceptors (Lipinski definition) is 3. The number of urea groups is 1. The van der Waals surface area contributed by atoms with Crippen molar-refractivity contribution in [1.82, 2.24) is 21.3 Å². The first-order chi connectivity index (χ1) is 7.84. The van der Waals surface area contributed by atoms with Gasteiger partial charge in [0.25, 0.3) is 0 Å². The maximum atomic E-state index is 11.6. The molecule has 0 spiro atoms. The van der Waals surface area contributed by atoms with Crippen molar-refractivity contribution < 1.29 is 4.79 Å². The fourth-order valence-electron chi connectivity index (χ4n) is 2.33. The monoisotopic (exact) mass is 226 g/mol. The summed E-state index contributed by atoms with van der Waals surface area (Å²) in [5, 5.41) is 12.6. The van der Waals surface area contributed by atoms with Crippen LogP contribution in [0.2, 0.25) is 0 Å². The first kappa shape index (κ1) is 11.7. The molecule has 2 rings (SSSR count). The highest BCUT2D eigenvalue weighted by Crippen LogP contribution is 2.05. The lowest BCUT2D eigenvalue weighted by atomic mass is 10.1. The Morgan fingerprint density at radius 3 is 2.88 bits per heavy atom. The molecule has 5 nitrogen and oxygen atoms in total. The van der Waals surface area contributed by atoms with Gasteiger partial charge in [-0.05, 0) is 32.4 Å². The summed E-state index contributed by atoms with van der Waals surface area (Å²) in [4.78, 5) is 11.6. The van der Waals surface area contributed by atoms with Gasteiger partial charge >= 0.3 is 6.03 Å². The maximum absolute atomic E-state index is 11.6. The summed E-state index contributed by atoms with van der Waals surface area (Å²) in [5.41, 5.74) is 0. The van der Waals surface area contributed by atoms with Gasteiger partial charge in [-0.3, -0.25) is 0 Å². The highest BCUT2D eigenvalue weighted by Gasteiger charge is 2.17. The molecule has 2 aliphatic rings. The molecule has 0 radical (unpaired) electrons. The first-order valence-corrected chi connectivity index (χ1v) is 6.33. The molecule has 0 aromatic heterocycles. The average molecular weight is 226 g/mol. The summed E-state index contributed by atoms with van der Waals surface area (Å²) in [6.45, 7) is 3.73. The SMILES string of the molecule is O=C(NCC1CCCCN1)NC1CCNC1. The molecule has 4 N–H and O–H groups in total. The molecule has 0 saturated carbocycles. The number of carbonyl (C=O) groups excluding carboxylic acids is 1. The van der Waals surface area contributed by atoms with Gasteiger partial charge in [-0.2, -0.15) is 0 Å². The average Bonchev–Trinajstić information content (AvgIpc) is 2.81. The summed E-state index contributed by atoms with van der Waals surface area (Å²) < 4.78 is 0. The molecule has 16 heavy (non-hydrogen) atoms. The van der Waals surface area contributed by atoms with Crippen LogP contribution in [0.3, 0.4) is 0 Å². The van der Waals surface area contributed by atoms with Crippen LogP contribution in [0, 0.1) is 0 Å². The minimum absolute atomic E-state index is 0.0268. The van der Waals surface area contributed by atoms with E-state index in [1.807, 2.05) is 0 Å². The summed E-state index contributed by atoms with van der Waals surface area (Å²) in [6, 6.07) is 0.738. The van der Waals surface area contributed by atoms with Crippen molar-refractivity contribution in [2.24, 2.45) is 0 Å². The smallest absolute Gasteiger partial charge is 0.315 e. The Kier molecular flexibility index (Phi) is 4.42. The molecule has 0 aromatic carbocycles. The second-order valence-electron chi connectivity index (χ2n) is 4.69. The summed E-state index contributed by atoms with van der Waals surface area (Å²) in [5.74, 6) is 0. The highest BCUT2D eigenvalue weighted by molar-refractivity contribution is 5.74. The van der Waals surface area contributed by atoms with Crippen LogP contribution >= 0.6 is 0 Å². The zero-order valence-electron chi connectivity index (χ0n) is 9.72. The van der Waals surface area contributed by atoms with Crippen LogP contribution in [-0.2, 0) is 0 Å². The Morgan fingerprint density at radius 2 is 2.19 bits per heavy atom. The predicted octanol–water partition coefficient (Wildman–Crippen LogP) is -0.210. The molecule has 0 aliphatic carbocycles. The molecule has 2 aliphatic heterocycles. The van der Waals surface area contributed by atoms with E-state index in [0.717, 1.165) is 32.6 Å². The third-order valence-corrected chi connectivity index (χ3v) is 3.32. The number of hydrogen-bond donors (Lipinski definition) is 4. The molecular weight excluding hydrogens is 204 g/mol. The minimum Gasteiger partial charge on any atom is -0.337 e. The summed E-state index contributed by atoms with van der Waals surface area (Å²) in [6.07, 6.45) is 4.74. The topological polar surface area (TPSA) is 65.2 Å². The zero-order chi connectivity index (χ0) is 11.2. The number of carbonyl (C=O) groups is 1. The van der Waals surface area contributed by atoms with Crippen molar-refractivity contribution in [2.75, 3.05) is 26.2 Å². The zero-order valence-corrected chi connectivity index (χ0v) is 9.72. The van der Waals surface area contributed by atoms with Gasteiger partial charge in [0.1, 0.15) is 0 Å². The van der Waals surface area contributed by atoms with Crippen molar-refractivity contribution in [3.8, 4) is 0 Å². The quantitative estimate of drug-likeness (QED) is 0.538. The van der Waals surface area contributed by atoms with Gasteiger partial charge in [-0.1, -0.05) is 6.42 Å². The molecule has 5 heteroatoms. The Balaban J connectivity index is 1.59. The maximum Gasteiger partial charge on any atom is 0.315 e. The van der Waals surface area contributed by atoms with Crippen LogP contribution in [0.4, 0.5) is 4.79 Å². The van der Waals surface area contributed by atoms with E-state index < -0.39 is 0 Å². The lowest BCUT2D eigenvalue weighted by Crippen LogP contribution is -2.48. The fourth-order valence-corrected chi connectivity index (χ4v) is 2.33. The van der Waals surface area contributed by atoms with E-state index in [2.05, 4.69) is 21.3 Å². The molecule has 2 unspecified atom stereocenters. The van der Waals surface area contributed by atoms with Crippen LogP contribution < -0.4 is 21.3 Å². The molecule has 2 saturated heterocycles. The number of piperidine rings is 1. The molecule has 0 aromatic rings. The molecular formula is C11H22N4O. The van der Waals surface area contributed by atoms with Crippen LogP contribution in [0.15, 0.2) is 0 Å². The van der Waals surface area contributed by atoms with Gasteiger partial charge in [0.05, 0.1) is 0 Å². The Bertz CT molecular complexity index is 222. The van der Waals surface area contributed by atoms with E-state index >= 15 is 0 Å². The third kappa shape index (κ3) is 3.64. The van der Waals surface area contributed by atoms with Crippen molar-refractivity contribution in [3.63, 3.8) is 0 Å². The van der Waals surface area contributed by atoms with Crippen molar-refractivity contribution in [2.45, 2.75) is 37.8 Å². The van der Waals surface area contributed by atoms with Gasteiger partial charge in [0, 0.05) is 25.2 Å². The van der Waals surface area contributed by atoms with Gasteiger partial charge in [0.2, 0.25) is 0 Å². The van der Waals surface area contributed by atoms with E-state index in [0.29, 0.717) is 12.1 Å². The normalized spacial score (nSPS) is 30.0. The highest BCUT2D eigenvalue weighted by atomic mass is 16.2. The van der Waals surface area contributed by atoms with Gasteiger partial charge in [0.15, 0.2) is 0 Å². The van der Waals surface area contributed by atoms with Gasteiger partial charge < -0.3 is 21.3 Å². The van der Waals surface area contributed by atoms with Gasteiger partial charge in [-0.15, -0.1) is 0 Å². The van der Waals surface area contributed by atoms with Crippen molar-refractivity contribution >= 4 is 6.03 Å². The van der Waals surface area contributed by atoms with Crippen LogP contribution in [0.5, 0.6) is 0 Å². The number of nitrogens with one attached hydrogen (secondary N) is 4. The Hall–Kier alpha value is -0.810. The van der Waals surface area contributed by atoms with E-state index in [1.165, 1.54) is 19.3 Å². The minimum atomic E-state index is -0.0268. The second-order valence-corrected chi connectivity index (χ2v) is 4.69. The van der Waals surface area contributed by atoms with Crippen molar-refractivity contribution in [3.05, 3.63) is 0 Å². The third-order valence-electron chi connectivity index (χ3n) is 3.32. The summed E-state index contributed by atoms with van der Waals surface area (Å²) >= 11 is 0. The predicted molar refractivity (Wildman–Crippen MR) is 63.5 cm³/mol. The second kappa shape index (κ2) is 6.06. The van der Waals surface area contributed by atoms with Crippen LogP contribution in [0.25, 0.3) is 0 Å². The molecule has 2 fully saturated rings. The van der Waals surface area contributed by atoms with E-state index in [1.54, 1.807) is 0 Å².